The second-order valence-corrected chi connectivity index (χ2v) is 7.96. The minimum Gasteiger partial charge on any atom is -0.481 e. The molecule has 1 saturated heterocycles. The highest BCUT2D eigenvalue weighted by Gasteiger charge is 2.28. The highest BCUT2D eigenvalue weighted by molar-refractivity contribution is 6.07. The quantitative estimate of drug-likeness (QED) is 0.485. The molecule has 0 aromatic heterocycles. The standard InChI is InChI=1S/C24H27N3O9/c1-2-35-24(34)26-10-8-25(9-11-26)20(28)13-21(29)27(14-22(30)31)17-6-7-18-16(12-17)4-3-5-19(18)36-15-23(32)33/h3-7,12H,2,8-11,13-15H2,1H3,(H,30,31)(H,32,33). The van der Waals surface area contributed by atoms with Gasteiger partial charge in [-0.3, -0.25) is 14.4 Å². The van der Waals surface area contributed by atoms with Crippen LogP contribution >= 0.6 is 0 Å². The number of carboxylic acid groups (broad SMARTS) is 2. The van der Waals surface area contributed by atoms with Gasteiger partial charge in [0.15, 0.2) is 6.61 Å². The minimum atomic E-state index is -1.25. The van der Waals surface area contributed by atoms with Crippen molar-refractivity contribution in [3.63, 3.8) is 0 Å². The first-order valence-corrected chi connectivity index (χ1v) is 11.3. The second-order valence-electron chi connectivity index (χ2n) is 7.96. The summed E-state index contributed by atoms with van der Waals surface area (Å²) < 4.78 is 10.2. The lowest BCUT2D eigenvalue weighted by Gasteiger charge is -2.34. The Morgan fingerprint density at radius 3 is 2.28 bits per heavy atom. The Morgan fingerprint density at radius 1 is 0.944 bits per heavy atom. The first-order chi connectivity index (χ1) is 17.2. The molecule has 0 radical (unpaired) electrons. The normalized spacial score (nSPS) is 13.2. The first kappa shape index (κ1) is 26.3. The molecule has 2 N–H and O–H groups in total. The fraction of sp³-hybridized carbons (Fsp3) is 0.375. The number of hydrogen-bond donors (Lipinski definition) is 2. The number of rotatable bonds is 9. The van der Waals surface area contributed by atoms with Gasteiger partial charge in [0, 0.05) is 37.3 Å². The number of hydrogen-bond acceptors (Lipinski definition) is 7. The number of fused-ring (bicyclic) bond motifs is 1. The fourth-order valence-electron chi connectivity index (χ4n) is 3.82. The Bertz CT molecular complexity index is 1160. The maximum absolute atomic E-state index is 13.0. The van der Waals surface area contributed by atoms with Gasteiger partial charge in [-0.25, -0.2) is 9.59 Å². The Kier molecular flexibility index (Phi) is 8.66. The van der Waals surface area contributed by atoms with E-state index in [0.717, 1.165) is 4.90 Å². The molecule has 192 valence electrons. The van der Waals surface area contributed by atoms with E-state index in [4.69, 9.17) is 14.6 Å². The van der Waals surface area contributed by atoms with Crippen molar-refractivity contribution >= 4 is 46.3 Å². The van der Waals surface area contributed by atoms with Crippen molar-refractivity contribution in [2.24, 2.45) is 0 Å². The molecule has 0 atom stereocenters. The minimum absolute atomic E-state index is 0.235. The topological polar surface area (TPSA) is 154 Å². The van der Waals surface area contributed by atoms with Crippen LogP contribution in [-0.4, -0.2) is 95.8 Å². The van der Waals surface area contributed by atoms with Crippen LogP contribution in [0, 0.1) is 0 Å². The summed E-state index contributed by atoms with van der Waals surface area (Å²) in [5.41, 5.74) is 0.269. The molecule has 2 aromatic carbocycles. The third-order valence-corrected chi connectivity index (χ3v) is 5.54. The van der Waals surface area contributed by atoms with Crippen LogP contribution in [0.2, 0.25) is 0 Å². The SMILES string of the molecule is CCOC(=O)N1CCN(C(=O)CC(=O)N(CC(=O)O)c2ccc3c(OCC(=O)O)cccc3c2)CC1. The predicted molar refractivity (Wildman–Crippen MR) is 127 cm³/mol. The zero-order valence-electron chi connectivity index (χ0n) is 19.7. The predicted octanol–water partition coefficient (Wildman–Crippen LogP) is 1.41. The largest absolute Gasteiger partial charge is 0.481 e. The molecule has 0 aliphatic carbocycles. The molecule has 1 aliphatic rings. The molecule has 2 aromatic rings. The summed E-state index contributed by atoms with van der Waals surface area (Å²) in [5.74, 6) is -3.21. The summed E-state index contributed by atoms with van der Waals surface area (Å²) in [7, 11) is 0. The summed E-state index contributed by atoms with van der Waals surface area (Å²) in [5, 5.41) is 19.4. The van der Waals surface area contributed by atoms with Gasteiger partial charge in [-0.05, 0) is 36.6 Å². The molecule has 3 rings (SSSR count). The van der Waals surface area contributed by atoms with Gasteiger partial charge in [-0.1, -0.05) is 12.1 Å². The van der Waals surface area contributed by atoms with E-state index in [-0.39, 0.29) is 38.5 Å². The summed E-state index contributed by atoms with van der Waals surface area (Å²) in [4.78, 5) is 63.8. The van der Waals surface area contributed by atoms with E-state index in [0.29, 0.717) is 16.5 Å². The van der Waals surface area contributed by atoms with Crippen LogP contribution in [0.25, 0.3) is 10.8 Å². The number of carbonyl (C=O) groups is 5. The van der Waals surface area contributed by atoms with Gasteiger partial charge in [0.1, 0.15) is 18.7 Å². The van der Waals surface area contributed by atoms with Gasteiger partial charge in [0.2, 0.25) is 11.8 Å². The van der Waals surface area contributed by atoms with Crippen molar-refractivity contribution in [2.75, 3.05) is 50.8 Å². The molecule has 3 amide bonds. The van der Waals surface area contributed by atoms with Gasteiger partial charge < -0.3 is 34.4 Å². The number of nitrogens with zero attached hydrogens (tertiary/aromatic N) is 3. The summed E-state index contributed by atoms with van der Waals surface area (Å²) >= 11 is 0. The fourth-order valence-corrected chi connectivity index (χ4v) is 3.82. The number of carbonyl (C=O) groups excluding carboxylic acids is 3. The average molecular weight is 501 g/mol. The number of anilines is 1. The number of carboxylic acids is 2. The lowest BCUT2D eigenvalue weighted by molar-refractivity contribution is -0.139. The zero-order chi connectivity index (χ0) is 26.2. The summed E-state index contributed by atoms with van der Waals surface area (Å²) in [6.45, 7) is 1.79. The molecule has 0 spiro atoms. The van der Waals surface area contributed by atoms with Crippen molar-refractivity contribution < 1.29 is 43.7 Å². The number of benzene rings is 2. The summed E-state index contributed by atoms with van der Waals surface area (Å²) in [6, 6.07) is 9.65. The van der Waals surface area contributed by atoms with Crippen LogP contribution in [0.15, 0.2) is 36.4 Å². The lowest BCUT2D eigenvalue weighted by Crippen LogP contribution is -2.51. The number of piperazine rings is 1. The van der Waals surface area contributed by atoms with E-state index < -0.39 is 49.4 Å². The lowest BCUT2D eigenvalue weighted by atomic mass is 10.1. The summed E-state index contributed by atoms with van der Waals surface area (Å²) in [6.07, 6.45) is -0.993. The van der Waals surface area contributed by atoms with Crippen molar-refractivity contribution in [2.45, 2.75) is 13.3 Å². The third-order valence-electron chi connectivity index (χ3n) is 5.54. The van der Waals surface area contributed by atoms with Crippen LogP contribution in [0.3, 0.4) is 0 Å². The van der Waals surface area contributed by atoms with Crippen LogP contribution in [0.4, 0.5) is 10.5 Å². The molecule has 0 unspecified atom stereocenters. The van der Waals surface area contributed by atoms with Gasteiger partial charge >= 0.3 is 18.0 Å². The number of ether oxygens (including phenoxy) is 2. The zero-order valence-corrected chi connectivity index (χ0v) is 19.7. The molecule has 1 fully saturated rings. The molecular formula is C24H27N3O9. The van der Waals surface area contributed by atoms with Crippen LogP contribution in [0.1, 0.15) is 13.3 Å². The highest BCUT2D eigenvalue weighted by Crippen LogP contribution is 2.29. The van der Waals surface area contributed by atoms with Crippen LogP contribution in [-0.2, 0) is 23.9 Å². The van der Waals surface area contributed by atoms with E-state index in [9.17, 15) is 29.1 Å². The molecule has 36 heavy (non-hydrogen) atoms. The molecule has 0 saturated carbocycles. The van der Waals surface area contributed by atoms with Gasteiger partial charge in [-0.15, -0.1) is 0 Å². The van der Waals surface area contributed by atoms with Gasteiger partial charge in [0.05, 0.1) is 6.61 Å². The maximum atomic E-state index is 13.0. The van der Waals surface area contributed by atoms with Crippen molar-refractivity contribution in [1.29, 1.82) is 0 Å². The monoisotopic (exact) mass is 501 g/mol. The van der Waals surface area contributed by atoms with Gasteiger partial charge in [0.25, 0.3) is 0 Å². The van der Waals surface area contributed by atoms with E-state index in [2.05, 4.69) is 0 Å². The molecule has 1 aliphatic heterocycles. The third kappa shape index (κ3) is 6.62. The Morgan fingerprint density at radius 2 is 1.64 bits per heavy atom. The highest BCUT2D eigenvalue weighted by atomic mass is 16.6. The van der Waals surface area contributed by atoms with Crippen LogP contribution < -0.4 is 9.64 Å². The average Bonchev–Trinajstić information content (AvgIpc) is 2.85. The van der Waals surface area contributed by atoms with Crippen LogP contribution in [0.5, 0.6) is 5.75 Å². The maximum Gasteiger partial charge on any atom is 0.409 e. The van der Waals surface area contributed by atoms with Crippen molar-refractivity contribution in [1.82, 2.24) is 9.80 Å². The first-order valence-electron chi connectivity index (χ1n) is 11.3. The molecule has 0 bridgehead atoms. The Labute approximate surface area is 206 Å². The van der Waals surface area contributed by atoms with E-state index in [1.807, 2.05) is 0 Å². The van der Waals surface area contributed by atoms with E-state index in [1.165, 1.54) is 15.9 Å². The van der Waals surface area contributed by atoms with E-state index >= 15 is 0 Å². The van der Waals surface area contributed by atoms with Crippen molar-refractivity contribution in [3.05, 3.63) is 36.4 Å². The second kappa shape index (κ2) is 11.9. The van der Waals surface area contributed by atoms with Crippen molar-refractivity contribution in [3.8, 4) is 5.75 Å². The smallest absolute Gasteiger partial charge is 0.409 e. The molecule has 12 nitrogen and oxygen atoms in total. The number of aliphatic carboxylic acids is 2. The van der Waals surface area contributed by atoms with E-state index in [1.54, 1.807) is 37.3 Å². The number of amides is 3. The molecular weight excluding hydrogens is 474 g/mol. The van der Waals surface area contributed by atoms with Gasteiger partial charge in [-0.2, -0.15) is 0 Å². The molecule has 1 heterocycles. The Hall–Kier alpha value is -4.35. The Balaban J connectivity index is 1.73. The molecule has 12 heteroatoms.